The number of carbonyl (C=O) groups excluding carboxylic acids is 2. The lowest BCUT2D eigenvalue weighted by molar-refractivity contribution is -0.118. The van der Waals surface area contributed by atoms with Gasteiger partial charge in [0.1, 0.15) is 11.6 Å². The van der Waals surface area contributed by atoms with Crippen molar-refractivity contribution in [2.75, 3.05) is 0 Å². The predicted molar refractivity (Wildman–Crippen MR) is 111 cm³/mol. The summed E-state index contributed by atoms with van der Waals surface area (Å²) in [4.78, 5) is 24.1. The van der Waals surface area contributed by atoms with Crippen molar-refractivity contribution < 1.29 is 14.0 Å². The Hall–Kier alpha value is -2.79. The smallest absolute Gasteiger partial charge is 0.165 e. The normalized spacial score (nSPS) is 10.9. The third kappa shape index (κ3) is 5.18. The highest BCUT2D eigenvalue weighted by Crippen LogP contribution is 2.19. The number of aryl methyl sites for hydroxylation is 2. The van der Waals surface area contributed by atoms with Gasteiger partial charge in [-0.25, -0.2) is 9.07 Å². The monoisotopic (exact) mass is 412 g/mol. The van der Waals surface area contributed by atoms with Gasteiger partial charge in [0.15, 0.2) is 5.78 Å². The van der Waals surface area contributed by atoms with Gasteiger partial charge in [0.2, 0.25) is 0 Å². The standard InChI is InChI=1S/C23H22ClFN2O2/c1-3-23(29)21-10-7-16(13-22(21)25)12-20(28)9-8-19-11-15(2)26-27(19)18-6-4-5-17(24)14-18/h4-7,10-11,13-14H,3,8-9,12H2,1-2H3. The topological polar surface area (TPSA) is 52.0 Å². The molecule has 6 heteroatoms. The molecule has 0 unspecified atom stereocenters. The summed E-state index contributed by atoms with van der Waals surface area (Å²) in [5, 5.41) is 5.11. The molecule has 0 atom stereocenters. The highest BCUT2D eigenvalue weighted by Gasteiger charge is 2.14. The zero-order valence-corrected chi connectivity index (χ0v) is 17.2. The third-order valence-corrected chi connectivity index (χ3v) is 4.91. The molecule has 2 aromatic carbocycles. The van der Waals surface area contributed by atoms with E-state index in [-0.39, 0.29) is 30.0 Å². The first-order valence-corrected chi connectivity index (χ1v) is 9.90. The molecule has 3 rings (SSSR count). The lowest BCUT2D eigenvalue weighted by Gasteiger charge is -2.08. The van der Waals surface area contributed by atoms with Gasteiger partial charge >= 0.3 is 0 Å². The fraction of sp³-hybridized carbons (Fsp3) is 0.261. The van der Waals surface area contributed by atoms with Gasteiger partial charge < -0.3 is 0 Å². The fourth-order valence-electron chi connectivity index (χ4n) is 3.23. The SMILES string of the molecule is CCC(=O)c1ccc(CC(=O)CCc2cc(C)nn2-c2cccc(Cl)c2)cc1F. The largest absolute Gasteiger partial charge is 0.299 e. The first-order valence-electron chi connectivity index (χ1n) is 9.52. The molecule has 29 heavy (non-hydrogen) atoms. The van der Waals surface area contributed by atoms with Crippen LogP contribution in [0.3, 0.4) is 0 Å². The molecule has 0 bridgehead atoms. The fourth-order valence-corrected chi connectivity index (χ4v) is 3.42. The Kier molecular flexibility index (Phi) is 6.60. The molecule has 0 N–H and O–H groups in total. The highest BCUT2D eigenvalue weighted by molar-refractivity contribution is 6.30. The summed E-state index contributed by atoms with van der Waals surface area (Å²) >= 11 is 6.08. The van der Waals surface area contributed by atoms with E-state index in [0.717, 1.165) is 17.1 Å². The van der Waals surface area contributed by atoms with E-state index in [9.17, 15) is 14.0 Å². The van der Waals surface area contributed by atoms with E-state index < -0.39 is 5.82 Å². The maximum absolute atomic E-state index is 14.1. The van der Waals surface area contributed by atoms with E-state index in [1.165, 1.54) is 12.1 Å². The van der Waals surface area contributed by atoms with E-state index in [1.54, 1.807) is 23.7 Å². The predicted octanol–water partition coefficient (Wildman–Crippen LogP) is 5.31. The van der Waals surface area contributed by atoms with Crippen molar-refractivity contribution in [1.29, 1.82) is 0 Å². The number of ketones is 2. The second-order valence-corrected chi connectivity index (χ2v) is 7.41. The van der Waals surface area contributed by atoms with Gasteiger partial charge in [-0.3, -0.25) is 9.59 Å². The van der Waals surface area contributed by atoms with Gasteiger partial charge in [0.05, 0.1) is 16.9 Å². The van der Waals surface area contributed by atoms with Gasteiger partial charge in [-0.15, -0.1) is 0 Å². The van der Waals surface area contributed by atoms with E-state index in [4.69, 9.17) is 11.6 Å². The number of benzene rings is 2. The van der Waals surface area contributed by atoms with E-state index in [1.807, 2.05) is 31.2 Å². The minimum absolute atomic E-state index is 0.00420. The number of Topliss-reactive ketones (excluding diaryl/α,β-unsaturated/α-hetero) is 2. The van der Waals surface area contributed by atoms with Crippen molar-refractivity contribution in [2.24, 2.45) is 0 Å². The Labute approximate surface area is 174 Å². The van der Waals surface area contributed by atoms with Gasteiger partial charge in [-0.05, 0) is 55.3 Å². The molecule has 0 aliphatic heterocycles. The van der Waals surface area contributed by atoms with Crippen LogP contribution in [-0.4, -0.2) is 21.3 Å². The van der Waals surface area contributed by atoms with Crippen LogP contribution in [0.15, 0.2) is 48.5 Å². The first-order chi connectivity index (χ1) is 13.9. The second kappa shape index (κ2) is 9.14. The van der Waals surface area contributed by atoms with Crippen LogP contribution in [0.1, 0.15) is 47.1 Å². The summed E-state index contributed by atoms with van der Waals surface area (Å²) in [7, 11) is 0. The minimum Gasteiger partial charge on any atom is -0.299 e. The molecule has 4 nitrogen and oxygen atoms in total. The van der Waals surface area contributed by atoms with Gasteiger partial charge in [0, 0.05) is 30.0 Å². The Bertz CT molecular complexity index is 1060. The number of nitrogens with zero attached hydrogens (tertiary/aromatic N) is 2. The quantitative estimate of drug-likeness (QED) is 0.471. The molecule has 3 aromatic rings. The van der Waals surface area contributed by atoms with Gasteiger partial charge in [-0.1, -0.05) is 30.7 Å². The highest BCUT2D eigenvalue weighted by atomic mass is 35.5. The molecule has 0 fully saturated rings. The molecule has 0 saturated heterocycles. The van der Waals surface area contributed by atoms with E-state index in [0.29, 0.717) is 23.4 Å². The summed E-state index contributed by atoms with van der Waals surface area (Å²) < 4.78 is 15.9. The minimum atomic E-state index is -0.572. The number of hydrogen-bond acceptors (Lipinski definition) is 3. The van der Waals surface area contributed by atoms with E-state index in [2.05, 4.69) is 5.10 Å². The number of carbonyl (C=O) groups is 2. The third-order valence-electron chi connectivity index (χ3n) is 4.67. The summed E-state index contributed by atoms with van der Waals surface area (Å²) in [6.07, 6.45) is 1.20. The van der Waals surface area contributed by atoms with Gasteiger partial charge in [0.25, 0.3) is 0 Å². The van der Waals surface area contributed by atoms with Crippen LogP contribution in [0.2, 0.25) is 5.02 Å². The van der Waals surface area contributed by atoms with Crippen molar-refractivity contribution in [3.63, 3.8) is 0 Å². The Morgan fingerprint density at radius 3 is 2.62 bits per heavy atom. The molecule has 0 aliphatic rings. The van der Waals surface area contributed by atoms with Crippen LogP contribution in [0.4, 0.5) is 4.39 Å². The number of rotatable bonds is 8. The molecule has 1 heterocycles. The van der Waals surface area contributed by atoms with Crippen LogP contribution in [-0.2, 0) is 17.6 Å². The average molecular weight is 413 g/mol. The van der Waals surface area contributed by atoms with Crippen LogP contribution in [0, 0.1) is 12.7 Å². The summed E-state index contributed by atoms with van der Waals surface area (Å²) in [6.45, 7) is 3.59. The molecule has 0 spiro atoms. The van der Waals surface area contributed by atoms with Crippen LogP contribution < -0.4 is 0 Å². The zero-order valence-electron chi connectivity index (χ0n) is 16.4. The lowest BCUT2D eigenvalue weighted by Crippen LogP contribution is -2.09. The molecule has 0 aliphatic carbocycles. The van der Waals surface area contributed by atoms with Crippen molar-refractivity contribution >= 4 is 23.2 Å². The van der Waals surface area contributed by atoms with Crippen LogP contribution in [0.5, 0.6) is 0 Å². The number of halogens is 2. The Morgan fingerprint density at radius 1 is 1.14 bits per heavy atom. The molecule has 150 valence electrons. The molecular weight excluding hydrogens is 391 g/mol. The zero-order chi connectivity index (χ0) is 21.0. The average Bonchev–Trinajstić information content (AvgIpc) is 3.06. The first kappa shape index (κ1) is 20.9. The molecule has 0 saturated carbocycles. The Balaban J connectivity index is 1.67. The molecular formula is C23H22ClFN2O2. The van der Waals surface area contributed by atoms with Crippen molar-refractivity contribution in [3.05, 3.63) is 81.9 Å². The van der Waals surface area contributed by atoms with Crippen LogP contribution in [0.25, 0.3) is 5.69 Å². The summed E-state index contributed by atoms with van der Waals surface area (Å²) in [5.41, 5.74) is 3.24. The molecule has 0 radical (unpaired) electrons. The van der Waals surface area contributed by atoms with Gasteiger partial charge in [-0.2, -0.15) is 5.10 Å². The second-order valence-electron chi connectivity index (χ2n) is 6.98. The molecule has 0 amide bonds. The number of hydrogen-bond donors (Lipinski definition) is 0. The molecule has 1 aromatic heterocycles. The lowest BCUT2D eigenvalue weighted by atomic mass is 10.0. The van der Waals surface area contributed by atoms with Crippen molar-refractivity contribution in [3.8, 4) is 5.69 Å². The summed E-state index contributed by atoms with van der Waals surface area (Å²) in [6, 6.07) is 13.7. The van der Waals surface area contributed by atoms with Crippen LogP contribution >= 0.6 is 11.6 Å². The van der Waals surface area contributed by atoms with E-state index >= 15 is 0 Å². The number of aromatic nitrogens is 2. The van der Waals surface area contributed by atoms with Crippen molar-refractivity contribution in [1.82, 2.24) is 9.78 Å². The maximum Gasteiger partial charge on any atom is 0.165 e. The van der Waals surface area contributed by atoms with Crippen molar-refractivity contribution in [2.45, 2.75) is 39.5 Å². The maximum atomic E-state index is 14.1. The summed E-state index contributed by atoms with van der Waals surface area (Å²) in [5.74, 6) is -0.822. The Morgan fingerprint density at radius 2 is 1.93 bits per heavy atom.